The van der Waals surface area contributed by atoms with Gasteiger partial charge in [-0.05, 0) is 37.0 Å². The zero-order chi connectivity index (χ0) is 11.9. The molecule has 0 spiro atoms. The van der Waals surface area contributed by atoms with Crippen molar-refractivity contribution in [2.24, 2.45) is 5.92 Å². The number of anilines is 2. The molecule has 0 saturated carbocycles. The minimum Gasteiger partial charge on any atom is -0.381 e. The molecule has 1 aliphatic rings. The van der Waals surface area contributed by atoms with Crippen LogP contribution in [0.4, 0.5) is 11.4 Å². The first-order valence-electron chi connectivity index (χ1n) is 6.09. The van der Waals surface area contributed by atoms with Crippen molar-refractivity contribution in [3.8, 4) is 0 Å². The first-order chi connectivity index (χ1) is 7.52. The Morgan fingerprint density at radius 3 is 2.62 bits per heavy atom. The highest BCUT2D eigenvalue weighted by molar-refractivity contribution is 5.77. The Kier molecular flexibility index (Phi) is 2.83. The Hall–Kier alpha value is -1.18. The minimum absolute atomic E-state index is 0.592. The molecule has 16 heavy (non-hydrogen) atoms. The first-order valence-corrected chi connectivity index (χ1v) is 6.09. The van der Waals surface area contributed by atoms with Crippen LogP contribution in [0.25, 0.3) is 0 Å². The second-order valence-electron chi connectivity index (χ2n) is 5.20. The maximum absolute atomic E-state index is 3.59. The smallest absolute Gasteiger partial charge is 0.0611 e. The van der Waals surface area contributed by atoms with Crippen LogP contribution in [0.2, 0.25) is 0 Å². The lowest BCUT2D eigenvalue weighted by Crippen LogP contribution is -2.45. The van der Waals surface area contributed by atoms with E-state index in [-0.39, 0.29) is 0 Å². The van der Waals surface area contributed by atoms with Crippen molar-refractivity contribution in [1.29, 1.82) is 0 Å². The zero-order valence-electron chi connectivity index (χ0n) is 11.0. The van der Waals surface area contributed by atoms with E-state index in [1.807, 2.05) is 0 Å². The molecule has 1 aromatic rings. The predicted molar refractivity (Wildman–Crippen MR) is 71.4 cm³/mol. The average Bonchev–Trinajstić information content (AvgIpc) is 2.23. The summed E-state index contributed by atoms with van der Waals surface area (Å²) in [6, 6.07) is 5.04. The van der Waals surface area contributed by atoms with Gasteiger partial charge < -0.3 is 10.2 Å². The highest BCUT2D eigenvalue weighted by atomic mass is 15.2. The van der Waals surface area contributed by atoms with Crippen molar-refractivity contribution in [2.75, 3.05) is 23.8 Å². The Morgan fingerprint density at radius 2 is 2.00 bits per heavy atom. The van der Waals surface area contributed by atoms with Crippen LogP contribution in [0.3, 0.4) is 0 Å². The maximum Gasteiger partial charge on any atom is 0.0611 e. The molecule has 2 heteroatoms. The summed E-state index contributed by atoms with van der Waals surface area (Å²) in [4.78, 5) is 2.42. The van der Waals surface area contributed by atoms with Gasteiger partial charge in [0.1, 0.15) is 0 Å². The first kappa shape index (κ1) is 11.3. The summed E-state index contributed by atoms with van der Waals surface area (Å²) in [6.45, 7) is 9.99. The zero-order valence-corrected chi connectivity index (χ0v) is 11.0. The van der Waals surface area contributed by atoms with Gasteiger partial charge in [-0.2, -0.15) is 0 Å². The van der Waals surface area contributed by atoms with Crippen LogP contribution < -0.4 is 10.2 Å². The third-order valence-corrected chi connectivity index (χ3v) is 3.85. The molecule has 0 amide bonds. The summed E-state index contributed by atoms with van der Waals surface area (Å²) in [7, 11) is 2.21. The van der Waals surface area contributed by atoms with Crippen molar-refractivity contribution in [1.82, 2.24) is 0 Å². The molecule has 1 heterocycles. The third-order valence-electron chi connectivity index (χ3n) is 3.85. The number of hydrogen-bond acceptors (Lipinski definition) is 2. The Morgan fingerprint density at radius 1 is 1.31 bits per heavy atom. The van der Waals surface area contributed by atoms with E-state index in [9.17, 15) is 0 Å². The van der Waals surface area contributed by atoms with Gasteiger partial charge >= 0.3 is 0 Å². The van der Waals surface area contributed by atoms with E-state index in [0.717, 1.165) is 6.54 Å². The van der Waals surface area contributed by atoms with Crippen LogP contribution in [0.1, 0.15) is 25.0 Å². The van der Waals surface area contributed by atoms with Crippen LogP contribution in [-0.2, 0) is 0 Å². The summed E-state index contributed by atoms with van der Waals surface area (Å²) in [6.07, 6.45) is 0. The summed E-state index contributed by atoms with van der Waals surface area (Å²) < 4.78 is 0. The lowest BCUT2D eigenvalue weighted by molar-refractivity contribution is 0.482. The van der Waals surface area contributed by atoms with Gasteiger partial charge in [0, 0.05) is 19.6 Å². The molecule has 0 aromatic heterocycles. The van der Waals surface area contributed by atoms with E-state index in [4.69, 9.17) is 0 Å². The number of nitrogens with one attached hydrogen (secondary N) is 1. The molecule has 0 fully saturated rings. The summed E-state index contributed by atoms with van der Waals surface area (Å²) in [5.41, 5.74) is 5.40. The SMILES string of the molecule is Cc1ccc2c(c1C)NCC(C(C)C)N2C. The number of fused-ring (bicyclic) bond motifs is 1. The highest BCUT2D eigenvalue weighted by Crippen LogP contribution is 2.36. The molecule has 2 rings (SSSR count). The average molecular weight is 218 g/mol. The van der Waals surface area contributed by atoms with E-state index < -0.39 is 0 Å². The molecule has 1 N–H and O–H groups in total. The van der Waals surface area contributed by atoms with E-state index in [0.29, 0.717) is 12.0 Å². The largest absolute Gasteiger partial charge is 0.381 e. The number of aryl methyl sites for hydroxylation is 1. The summed E-state index contributed by atoms with van der Waals surface area (Å²) in [5.74, 6) is 0.673. The van der Waals surface area contributed by atoms with Crippen LogP contribution in [-0.4, -0.2) is 19.6 Å². The number of rotatable bonds is 1. The van der Waals surface area contributed by atoms with Crippen molar-refractivity contribution >= 4 is 11.4 Å². The normalized spacial score (nSPS) is 19.6. The summed E-state index contributed by atoms with van der Waals surface area (Å²) >= 11 is 0. The molecule has 1 atom stereocenters. The molecule has 0 aliphatic carbocycles. The van der Waals surface area contributed by atoms with Gasteiger partial charge in [0.05, 0.1) is 11.4 Å². The molecule has 1 aromatic carbocycles. The Bertz CT molecular complexity index is 396. The maximum atomic E-state index is 3.59. The molecule has 88 valence electrons. The fourth-order valence-electron chi connectivity index (χ4n) is 2.52. The van der Waals surface area contributed by atoms with Gasteiger partial charge in [0.15, 0.2) is 0 Å². The second kappa shape index (κ2) is 4.00. The lowest BCUT2D eigenvalue weighted by atomic mass is 9.96. The van der Waals surface area contributed by atoms with Gasteiger partial charge in [-0.25, -0.2) is 0 Å². The number of likely N-dealkylation sites (N-methyl/N-ethyl adjacent to an activating group) is 1. The second-order valence-corrected chi connectivity index (χ2v) is 5.20. The fraction of sp³-hybridized carbons (Fsp3) is 0.571. The Balaban J connectivity index is 2.43. The van der Waals surface area contributed by atoms with E-state index in [2.05, 4.69) is 57.1 Å². The van der Waals surface area contributed by atoms with E-state index >= 15 is 0 Å². The van der Waals surface area contributed by atoms with E-state index in [1.54, 1.807) is 0 Å². The topological polar surface area (TPSA) is 15.3 Å². The van der Waals surface area contributed by atoms with Gasteiger partial charge in [0.25, 0.3) is 0 Å². The van der Waals surface area contributed by atoms with Crippen molar-refractivity contribution < 1.29 is 0 Å². The van der Waals surface area contributed by atoms with Crippen LogP contribution in [0.5, 0.6) is 0 Å². The van der Waals surface area contributed by atoms with E-state index in [1.165, 1.54) is 22.5 Å². The molecule has 0 saturated heterocycles. The standard InChI is InChI=1S/C14H22N2/c1-9(2)13-8-15-14-11(4)10(3)6-7-12(14)16(13)5/h6-7,9,13,15H,8H2,1-5H3. The molecular weight excluding hydrogens is 196 g/mol. The van der Waals surface area contributed by atoms with Gasteiger partial charge in [0.2, 0.25) is 0 Å². The molecule has 1 aliphatic heterocycles. The van der Waals surface area contributed by atoms with Crippen molar-refractivity contribution in [3.63, 3.8) is 0 Å². The van der Waals surface area contributed by atoms with Gasteiger partial charge in [-0.15, -0.1) is 0 Å². The summed E-state index contributed by atoms with van der Waals surface area (Å²) in [5, 5.41) is 3.59. The predicted octanol–water partition coefficient (Wildman–Crippen LogP) is 3.19. The van der Waals surface area contributed by atoms with Crippen molar-refractivity contribution in [2.45, 2.75) is 33.7 Å². The number of hydrogen-bond donors (Lipinski definition) is 1. The van der Waals surface area contributed by atoms with Crippen LogP contribution >= 0.6 is 0 Å². The van der Waals surface area contributed by atoms with Gasteiger partial charge in [-0.1, -0.05) is 19.9 Å². The van der Waals surface area contributed by atoms with Crippen LogP contribution in [0, 0.1) is 19.8 Å². The Labute approximate surface area is 98.7 Å². The quantitative estimate of drug-likeness (QED) is 0.778. The monoisotopic (exact) mass is 218 g/mol. The molecule has 1 unspecified atom stereocenters. The van der Waals surface area contributed by atoms with Crippen molar-refractivity contribution in [3.05, 3.63) is 23.3 Å². The fourth-order valence-corrected chi connectivity index (χ4v) is 2.52. The minimum atomic E-state index is 0.592. The molecule has 2 nitrogen and oxygen atoms in total. The molecule has 0 radical (unpaired) electrons. The molecular formula is C14H22N2. The third kappa shape index (κ3) is 1.66. The lowest BCUT2D eigenvalue weighted by Gasteiger charge is -2.40. The highest BCUT2D eigenvalue weighted by Gasteiger charge is 2.26. The number of benzene rings is 1. The van der Waals surface area contributed by atoms with Gasteiger partial charge in [-0.3, -0.25) is 0 Å². The molecule has 0 bridgehead atoms. The number of nitrogens with zero attached hydrogens (tertiary/aromatic N) is 1. The van der Waals surface area contributed by atoms with Crippen LogP contribution in [0.15, 0.2) is 12.1 Å².